The number of amides is 2. The summed E-state index contributed by atoms with van der Waals surface area (Å²) < 4.78 is 8.80. The fraction of sp³-hybridized carbons (Fsp3) is 0.464. The second-order valence-corrected chi connectivity index (χ2v) is 11.4. The smallest absolute Gasteiger partial charge is 0.246 e. The minimum atomic E-state index is -0.298. The van der Waals surface area contributed by atoms with Crippen molar-refractivity contribution < 1.29 is 14.3 Å². The molecule has 11 heteroatoms. The van der Waals surface area contributed by atoms with Crippen molar-refractivity contribution in [2.75, 3.05) is 25.0 Å². The van der Waals surface area contributed by atoms with E-state index in [0.717, 1.165) is 23.1 Å². The summed E-state index contributed by atoms with van der Waals surface area (Å²) >= 11 is 16.7. The van der Waals surface area contributed by atoms with E-state index in [1.807, 2.05) is 29.7 Å². The molecule has 2 heterocycles. The summed E-state index contributed by atoms with van der Waals surface area (Å²) in [6.07, 6.45) is 10.3. The maximum Gasteiger partial charge on any atom is 0.246 e. The second kappa shape index (κ2) is 13.8. The van der Waals surface area contributed by atoms with Gasteiger partial charge in [0.05, 0.1) is 29.5 Å². The molecule has 0 bridgehead atoms. The first-order chi connectivity index (χ1) is 18.8. The highest BCUT2D eigenvalue weighted by Gasteiger charge is 2.20. The molecular formula is C28H34BrCl2N5O3. The lowest BCUT2D eigenvalue weighted by Gasteiger charge is -2.22. The number of halogens is 3. The van der Waals surface area contributed by atoms with E-state index in [1.165, 1.54) is 37.0 Å². The number of nitrogens with one attached hydrogen (secondary N) is 2. The van der Waals surface area contributed by atoms with Gasteiger partial charge in [-0.1, -0.05) is 55.3 Å². The van der Waals surface area contributed by atoms with E-state index in [4.69, 9.17) is 27.9 Å². The van der Waals surface area contributed by atoms with Crippen molar-refractivity contribution in [3.8, 4) is 5.75 Å². The summed E-state index contributed by atoms with van der Waals surface area (Å²) in [6, 6.07) is 7.40. The molecule has 210 valence electrons. The molecule has 1 saturated carbocycles. The second-order valence-electron chi connectivity index (χ2n) is 9.85. The van der Waals surface area contributed by atoms with Gasteiger partial charge in [0.25, 0.3) is 0 Å². The summed E-state index contributed by atoms with van der Waals surface area (Å²) in [4.78, 5) is 31.3. The molecule has 0 unspecified atom stereocenters. The quantitative estimate of drug-likeness (QED) is 0.297. The molecule has 1 aliphatic rings. The number of rotatable bonds is 9. The third-order valence-corrected chi connectivity index (χ3v) is 8.81. The maximum absolute atomic E-state index is 12.9. The molecule has 3 aromatic rings. The van der Waals surface area contributed by atoms with E-state index in [0.29, 0.717) is 38.7 Å². The number of carbonyl (C=O) groups is 2. The van der Waals surface area contributed by atoms with E-state index in [-0.39, 0.29) is 31.5 Å². The lowest BCUT2D eigenvalue weighted by molar-refractivity contribution is -0.124. The van der Waals surface area contributed by atoms with Gasteiger partial charge in [0, 0.05) is 29.9 Å². The summed E-state index contributed by atoms with van der Waals surface area (Å²) in [5, 5.41) is 6.79. The van der Waals surface area contributed by atoms with E-state index in [1.54, 1.807) is 19.2 Å². The summed E-state index contributed by atoms with van der Waals surface area (Å²) in [7, 11) is 1.62. The molecule has 8 nitrogen and oxygen atoms in total. The van der Waals surface area contributed by atoms with Gasteiger partial charge in [-0.15, -0.1) is 0 Å². The van der Waals surface area contributed by atoms with Crippen LogP contribution in [0.4, 0.5) is 5.69 Å². The van der Waals surface area contributed by atoms with Crippen molar-refractivity contribution in [1.82, 2.24) is 20.0 Å². The number of benzene rings is 1. The molecule has 1 aliphatic carbocycles. The van der Waals surface area contributed by atoms with E-state index < -0.39 is 0 Å². The topological polar surface area (TPSA) is 88.0 Å². The Morgan fingerprint density at radius 3 is 2.59 bits per heavy atom. The highest BCUT2D eigenvalue weighted by Crippen LogP contribution is 2.35. The van der Waals surface area contributed by atoms with Crippen LogP contribution in [0.2, 0.25) is 10.0 Å². The van der Waals surface area contributed by atoms with Crippen LogP contribution in [0.25, 0.3) is 5.65 Å². The highest BCUT2D eigenvalue weighted by molar-refractivity contribution is 9.10. The van der Waals surface area contributed by atoms with Crippen LogP contribution in [0, 0.1) is 6.92 Å². The molecule has 2 N–H and O–H groups in total. The largest absolute Gasteiger partial charge is 0.485 e. The molecule has 0 spiro atoms. The van der Waals surface area contributed by atoms with Gasteiger partial charge in [-0.25, -0.2) is 4.98 Å². The van der Waals surface area contributed by atoms with Gasteiger partial charge in [-0.2, -0.15) is 0 Å². The van der Waals surface area contributed by atoms with Crippen LogP contribution in [0.5, 0.6) is 5.75 Å². The predicted octanol–water partition coefficient (Wildman–Crippen LogP) is 6.07. The molecule has 0 atom stereocenters. The van der Waals surface area contributed by atoms with E-state index in [2.05, 4.69) is 31.5 Å². The Labute approximate surface area is 247 Å². The molecule has 0 aliphatic heterocycles. The van der Waals surface area contributed by atoms with Crippen LogP contribution in [0.3, 0.4) is 0 Å². The van der Waals surface area contributed by atoms with Crippen LogP contribution in [-0.4, -0.2) is 47.4 Å². The van der Waals surface area contributed by atoms with Gasteiger partial charge in [-0.3, -0.25) is 14.0 Å². The number of nitrogens with zero attached hydrogens (tertiary/aromatic N) is 3. The zero-order chi connectivity index (χ0) is 27.9. The van der Waals surface area contributed by atoms with Gasteiger partial charge in [0.2, 0.25) is 11.8 Å². The number of fused-ring (bicyclic) bond motifs is 1. The molecule has 0 radical (unpaired) electrons. The third-order valence-electron chi connectivity index (χ3n) is 7.08. The van der Waals surface area contributed by atoms with Crippen molar-refractivity contribution >= 4 is 62.3 Å². The predicted molar refractivity (Wildman–Crippen MR) is 159 cm³/mol. The zero-order valence-corrected chi connectivity index (χ0v) is 25.3. The summed E-state index contributed by atoms with van der Waals surface area (Å²) in [5.74, 6) is 0.0713. The molecular weight excluding hydrogens is 605 g/mol. The van der Waals surface area contributed by atoms with Crippen molar-refractivity contribution in [2.45, 2.75) is 64.5 Å². The van der Waals surface area contributed by atoms with Gasteiger partial charge in [-0.05, 0) is 60.0 Å². The van der Waals surface area contributed by atoms with E-state index in [9.17, 15) is 9.59 Å². The van der Waals surface area contributed by atoms with Gasteiger partial charge in [0.1, 0.15) is 11.2 Å². The highest BCUT2D eigenvalue weighted by atomic mass is 79.9. The first kappa shape index (κ1) is 29.6. The lowest BCUT2D eigenvalue weighted by atomic mass is 9.97. The number of likely N-dealkylation sites (N-methyl/N-ethyl adjacent to an activating group) is 1. The number of carbonyl (C=O) groups excluding carboxylic acids is 2. The van der Waals surface area contributed by atoms with Crippen molar-refractivity contribution in [3.63, 3.8) is 0 Å². The summed E-state index contributed by atoms with van der Waals surface area (Å²) in [6.45, 7) is 2.05. The molecule has 39 heavy (non-hydrogen) atoms. The third kappa shape index (κ3) is 7.45. The van der Waals surface area contributed by atoms with Crippen LogP contribution in [-0.2, 0) is 16.2 Å². The number of pyridine rings is 1. The summed E-state index contributed by atoms with van der Waals surface area (Å²) in [5.41, 5.74) is 2.53. The Kier molecular flexibility index (Phi) is 10.5. The Morgan fingerprint density at radius 1 is 1.13 bits per heavy atom. The molecule has 1 aromatic carbocycles. The molecule has 0 saturated heterocycles. The molecule has 2 aromatic heterocycles. The zero-order valence-electron chi connectivity index (χ0n) is 22.2. The Balaban J connectivity index is 1.35. The van der Waals surface area contributed by atoms with E-state index >= 15 is 0 Å². The number of anilines is 1. The van der Waals surface area contributed by atoms with Crippen molar-refractivity contribution in [2.24, 2.45) is 0 Å². The van der Waals surface area contributed by atoms with Crippen molar-refractivity contribution in [3.05, 3.63) is 56.4 Å². The number of ether oxygens (including phenoxy) is 1. The maximum atomic E-state index is 12.9. The number of hydrogen-bond acceptors (Lipinski definition) is 5. The first-order valence-corrected chi connectivity index (χ1v) is 14.8. The van der Waals surface area contributed by atoms with Crippen LogP contribution < -0.4 is 20.3 Å². The molecule has 2 amide bonds. The lowest BCUT2D eigenvalue weighted by Crippen LogP contribution is -2.43. The van der Waals surface area contributed by atoms with Crippen LogP contribution in [0.1, 0.15) is 56.2 Å². The average molecular weight is 639 g/mol. The minimum Gasteiger partial charge on any atom is -0.485 e. The first-order valence-electron chi connectivity index (χ1n) is 13.3. The Hall–Kier alpha value is -2.33. The number of hydrogen-bond donors (Lipinski definition) is 2. The fourth-order valence-corrected chi connectivity index (χ4v) is 5.73. The SMILES string of the molecule is Cc1nc2c(OCc3c(Cl)ccc(N(C)C(=O)CNC(=O)CNC4CCCCCCC4)c3Cl)cccn2c1Br. The van der Waals surface area contributed by atoms with Crippen LogP contribution in [0.15, 0.2) is 35.1 Å². The molecule has 1 fully saturated rings. The fourth-order valence-electron chi connectivity index (χ4n) is 4.75. The van der Waals surface area contributed by atoms with Gasteiger partial charge < -0.3 is 20.3 Å². The normalized spacial score (nSPS) is 14.6. The molecule has 4 rings (SSSR count). The number of imidazole rings is 1. The Morgan fingerprint density at radius 2 is 1.85 bits per heavy atom. The Bertz CT molecular complexity index is 1320. The average Bonchev–Trinajstić information content (AvgIpc) is 3.20. The van der Waals surface area contributed by atoms with Gasteiger partial charge in [0.15, 0.2) is 11.4 Å². The van der Waals surface area contributed by atoms with Gasteiger partial charge >= 0.3 is 0 Å². The van der Waals surface area contributed by atoms with Crippen molar-refractivity contribution in [1.29, 1.82) is 0 Å². The van der Waals surface area contributed by atoms with Crippen LogP contribution >= 0.6 is 39.1 Å². The monoisotopic (exact) mass is 637 g/mol. The standard InChI is InChI=1S/C28H34BrCl2N5O3/c1-18-27(29)36-14-8-11-23(28(36)34-18)39-17-20-21(30)12-13-22(26(20)31)35(2)25(38)16-33-24(37)15-32-19-9-6-4-3-5-7-10-19/h8,11-14,19,32H,3-7,9-10,15-17H2,1-2H3,(H,33,37). The minimum absolute atomic E-state index is 0.0836. The number of aryl methyl sites for hydroxylation is 1. The number of aromatic nitrogens is 2.